The summed E-state index contributed by atoms with van der Waals surface area (Å²) in [6.07, 6.45) is 0. The zero-order valence-electron chi connectivity index (χ0n) is 5.68. The minimum absolute atomic E-state index is 0. The molecule has 0 spiro atoms. The Morgan fingerprint density at radius 1 is 1.00 bits per heavy atom. The summed E-state index contributed by atoms with van der Waals surface area (Å²) in [5, 5.41) is 0. The second kappa shape index (κ2) is 10.8. The molecule has 0 aromatic carbocycles. The summed E-state index contributed by atoms with van der Waals surface area (Å²) in [5.41, 5.74) is 8.94. The zero-order valence-corrected chi connectivity index (χ0v) is 11.2. The Morgan fingerprint density at radius 3 is 1.00 bits per heavy atom. The van der Waals surface area contributed by atoms with Crippen LogP contribution in [0, 0.1) is 0 Å². The number of carbonyl (C=O) groups excluding carboxylic acids is 2. The number of hydrogen-bond donors (Lipinski definition) is 2. The third-order valence-electron chi connectivity index (χ3n) is 0. The molecule has 4 N–H and O–H groups in total. The topological polar surface area (TPSA) is 86.2 Å². The number of primary amides is 2. The minimum atomic E-state index is -0.333. The molecule has 9 heavy (non-hydrogen) atoms. The predicted octanol–water partition coefficient (Wildman–Crippen LogP) is -1.02. The standard InChI is InChI=1S/2C2H5NO.Hg/c2*1-2(3)4;/h2*1H3,(H2,3,4);. The normalized spacial score (nSPS) is 5.56. The summed E-state index contributed by atoms with van der Waals surface area (Å²) >= 11 is 0. The van der Waals surface area contributed by atoms with Gasteiger partial charge in [0.1, 0.15) is 0 Å². The molecule has 0 aromatic heterocycles. The van der Waals surface area contributed by atoms with E-state index in [0.29, 0.717) is 0 Å². The van der Waals surface area contributed by atoms with Crippen molar-refractivity contribution in [2.45, 2.75) is 13.8 Å². The van der Waals surface area contributed by atoms with Crippen molar-refractivity contribution in [1.29, 1.82) is 0 Å². The molecular formula is C4H10HgN2O2. The maximum absolute atomic E-state index is 9.22. The van der Waals surface area contributed by atoms with Crippen LogP contribution in [0.15, 0.2) is 0 Å². The van der Waals surface area contributed by atoms with Crippen LogP contribution in [0.1, 0.15) is 13.8 Å². The Morgan fingerprint density at radius 2 is 1.00 bits per heavy atom. The molecule has 0 aliphatic carbocycles. The van der Waals surface area contributed by atoms with Crippen LogP contribution < -0.4 is 11.5 Å². The first-order chi connectivity index (χ1) is 3.46. The van der Waals surface area contributed by atoms with E-state index < -0.39 is 0 Å². The van der Waals surface area contributed by atoms with Gasteiger partial charge in [0.2, 0.25) is 11.8 Å². The molecule has 50 valence electrons. The van der Waals surface area contributed by atoms with Gasteiger partial charge in [-0.05, 0) is 0 Å². The van der Waals surface area contributed by atoms with Crippen molar-refractivity contribution in [3.05, 3.63) is 0 Å². The Balaban J connectivity index is -0.0000000720. The van der Waals surface area contributed by atoms with Gasteiger partial charge in [-0.15, -0.1) is 0 Å². The fourth-order valence-corrected chi connectivity index (χ4v) is 0. The van der Waals surface area contributed by atoms with Gasteiger partial charge in [-0.3, -0.25) is 9.59 Å². The number of amides is 2. The van der Waals surface area contributed by atoms with E-state index in [0.717, 1.165) is 0 Å². The van der Waals surface area contributed by atoms with Crippen LogP contribution in [0.2, 0.25) is 0 Å². The maximum Gasteiger partial charge on any atom is 0.214 e. The van der Waals surface area contributed by atoms with E-state index in [9.17, 15) is 9.59 Å². The van der Waals surface area contributed by atoms with Gasteiger partial charge in [-0.25, -0.2) is 0 Å². The molecule has 0 unspecified atom stereocenters. The first-order valence-electron chi connectivity index (χ1n) is 1.99. The largest absolute Gasteiger partial charge is 0.370 e. The Kier molecular flexibility index (Phi) is 19.1. The van der Waals surface area contributed by atoms with Crippen molar-refractivity contribution < 1.29 is 37.3 Å². The molecule has 2 amide bonds. The van der Waals surface area contributed by atoms with Crippen LogP contribution in [-0.2, 0) is 37.3 Å². The van der Waals surface area contributed by atoms with Gasteiger partial charge < -0.3 is 11.5 Å². The molecule has 4 nitrogen and oxygen atoms in total. The first kappa shape index (κ1) is 15.9. The number of nitrogens with two attached hydrogens (primary N) is 2. The van der Waals surface area contributed by atoms with Crippen LogP contribution in [-0.4, -0.2) is 11.8 Å². The number of rotatable bonds is 0. The molecular weight excluding hydrogens is 309 g/mol. The van der Waals surface area contributed by atoms with Crippen LogP contribution in [0.4, 0.5) is 0 Å². The molecule has 0 aromatic rings. The van der Waals surface area contributed by atoms with Gasteiger partial charge in [0, 0.05) is 41.5 Å². The van der Waals surface area contributed by atoms with E-state index in [1.165, 1.54) is 13.8 Å². The smallest absolute Gasteiger partial charge is 0.214 e. The number of carbonyl (C=O) groups is 2. The monoisotopic (exact) mass is 320 g/mol. The summed E-state index contributed by atoms with van der Waals surface area (Å²) in [6, 6.07) is 0. The average molecular weight is 319 g/mol. The molecule has 0 fully saturated rings. The molecule has 0 saturated carbocycles. The van der Waals surface area contributed by atoms with Crippen LogP contribution in [0.3, 0.4) is 0 Å². The van der Waals surface area contributed by atoms with E-state index in [-0.39, 0.29) is 39.5 Å². The Bertz CT molecular complexity index is 74.6. The minimum Gasteiger partial charge on any atom is -0.370 e. The van der Waals surface area contributed by atoms with E-state index >= 15 is 0 Å². The molecule has 0 atom stereocenters. The van der Waals surface area contributed by atoms with Crippen LogP contribution in [0.5, 0.6) is 0 Å². The van der Waals surface area contributed by atoms with Crippen molar-refractivity contribution in [2.24, 2.45) is 11.5 Å². The second-order valence-electron chi connectivity index (χ2n) is 1.22. The van der Waals surface area contributed by atoms with Crippen molar-refractivity contribution in [3.63, 3.8) is 0 Å². The van der Waals surface area contributed by atoms with Gasteiger partial charge in [-0.1, -0.05) is 0 Å². The number of hydrogen-bond acceptors (Lipinski definition) is 2. The maximum atomic E-state index is 9.22. The SMILES string of the molecule is CC(N)=O.CC(N)=O.[Hg]. The summed E-state index contributed by atoms with van der Waals surface area (Å²) in [7, 11) is 0. The van der Waals surface area contributed by atoms with E-state index in [4.69, 9.17) is 0 Å². The fourth-order valence-electron chi connectivity index (χ4n) is 0. The first-order valence-corrected chi connectivity index (χ1v) is 1.99. The van der Waals surface area contributed by atoms with Crippen molar-refractivity contribution in [1.82, 2.24) is 0 Å². The van der Waals surface area contributed by atoms with Crippen LogP contribution in [0.25, 0.3) is 0 Å². The molecule has 0 radical (unpaired) electrons. The quantitative estimate of drug-likeness (QED) is 0.560. The van der Waals surface area contributed by atoms with Gasteiger partial charge in [0.25, 0.3) is 0 Å². The molecule has 0 aliphatic rings. The molecule has 0 rings (SSSR count). The predicted molar refractivity (Wildman–Crippen MR) is 29.7 cm³/mol. The van der Waals surface area contributed by atoms with Crippen molar-refractivity contribution in [2.75, 3.05) is 0 Å². The molecule has 0 bridgehead atoms. The average Bonchev–Trinajstić information content (AvgIpc) is 1.25. The van der Waals surface area contributed by atoms with Gasteiger partial charge in [0.15, 0.2) is 0 Å². The zero-order chi connectivity index (χ0) is 7.15. The van der Waals surface area contributed by atoms with Crippen LogP contribution >= 0.6 is 0 Å². The summed E-state index contributed by atoms with van der Waals surface area (Å²) in [6.45, 7) is 2.61. The summed E-state index contributed by atoms with van der Waals surface area (Å²) in [4.78, 5) is 18.4. The van der Waals surface area contributed by atoms with Crippen molar-refractivity contribution in [3.8, 4) is 0 Å². The molecule has 0 saturated heterocycles. The summed E-state index contributed by atoms with van der Waals surface area (Å²) < 4.78 is 0. The van der Waals surface area contributed by atoms with E-state index in [1.54, 1.807) is 0 Å². The van der Waals surface area contributed by atoms with E-state index in [2.05, 4.69) is 11.5 Å². The van der Waals surface area contributed by atoms with E-state index in [1.807, 2.05) is 0 Å². The molecule has 0 aliphatic heterocycles. The Labute approximate surface area is 74.5 Å². The van der Waals surface area contributed by atoms with Gasteiger partial charge in [-0.2, -0.15) is 0 Å². The third-order valence-corrected chi connectivity index (χ3v) is 0. The summed E-state index contributed by atoms with van der Waals surface area (Å²) in [5.74, 6) is -0.667. The second-order valence-corrected chi connectivity index (χ2v) is 1.22. The van der Waals surface area contributed by atoms with Gasteiger partial charge >= 0.3 is 0 Å². The fraction of sp³-hybridized carbons (Fsp3) is 0.500. The Hall–Kier alpha value is -0.125. The molecule has 0 heterocycles. The van der Waals surface area contributed by atoms with Crippen molar-refractivity contribution >= 4 is 11.8 Å². The third kappa shape index (κ3) is 17400. The van der Waals surface area contributed by atoms with Gasteiger partial charge in [0.05, 0.1) is 0 Å². The molecule has 5 heteroatoms.